The largest absolute Gasteiger partial charge is 0.478 e. The quantitative estimate of drug-likeness (QED) is 0.508. The summed E-state index contributed by atoms with van der Waals surface area (Å²) in [5.41, 5.74) is 8.81. The molecule has 1 N–H and O–H groups in total. The van der Waals surface area contributed by atoms with Crippen LogP contribution >= 0.6 is 0 Å². The Labute approximate surface area is 183 Å². The lowest BCUT2D eigenvalue weighted by molar-refractivity contribution is 0.0697. The Balaban J connectivity index is 1.99. The molecule has 3 aromatic carbocycles. The van der Waals surface area contributed by atoms with E-state index in [1.807, 2.05) is 24.3 Å². The molecule has 31 heavy (non-hydrogen) atoms. The number of carboxylic acid groups (broad SMARTS) is 1. The number of hydrogen-bond acceptors (Lipinski definition) is 3. The standard InChI is InChI=1S/C27H28N2O2/c1-16(2)21-14-23-25(15-22(21)17(3)4)29(5)24-9-7-6-8-20(24)26(28-23)18-10-12-19(13-11-18)27(30)31/h6-17H,1-5H3,(H,30,31). The summed E-state index contributed by atoms with van der Waals surface area (Å²) >= 11 is 0. The second kappa shape index (κ2) is 8.03. The molecule has 4 heteroatoms. The van der Waals surface area contributed by atoms with Crippen LogP contribution in [0.1, 0.15) is 72.1 Å². The van der Waals surface area contributed by atoms with E-state index in [0.29, 0.717) is 11.8 Å². The summed E-state index contributed by atoms with van der Waals surface area (Å²) in [5, 5.41) is 9.27. The average Bonchev–Trinajstić information content (AvgIpc) is 2.87. The smallest absolute Gasteiger partial charge is 0.335 e. The first-order valence-corrected chi connectivity index (χ1v) is 10.7. The molecule has 0 bridgehead atoms. The monoisotopic (exact) mass is 412 g/mol. The minimum absolute atomic E-state index is 0.271. The van der Waals surface area contributed by atoms with Gasteiger partial charge in [0.25, 0.3) is 0 Å². The van der Waals surface area contributed by atoms with Crippen molar-refractivity contribution in [2.75, 3.05) is 11.9 Å². The molecule has 1 aliphatic rings. The van der Waals surface area contributed by atoms with Gasteiger partial charge >= 0.3 is 5.97 Å². The Morgan fingerprint density at radius 2 is 1.48 bits per heavy atom. The van der Waals surface area contributed by atoms with Gasteiger partial charge < -0.3 is 10.0 Å². The van der Waals surface area contributed by atoms with Crippen LogP contribution in [0.5, 0.6) is 0 Å². The van der Waals surface area contributed by atoms with E-state index in [9.17, 15) is 9.90 Å². The maximum Gasteiger partial charge on any atom is 0.335 e. The van der Waals surface area contributed by atoms with Crippen molar-refractivity contribution < 1.29 is 9.90 Å². The molecule has 0 saturated carbocycles. The van der Waals surface area contributed by atoms with Crippen LogP contribution in [0.3, 0.4) is 0 Å². The van der Waals surface area contributed by atoms with Crippen LogP contribution in [0, 0.1) is 0 Å². The zero-order chi connectivity index (χ0) is 22.3. The number of aliphatic imine (C=N–C) groups is 1. The van der Waals surface area contributed by atoms with E-state index in [4.69, 9.17) is 4.99 Å². The van der Waals surface area contributed by atoms with Crippen LogP contribution in [0.15, 0.2) is 65.7 Å². The lowest BCUT2D eigenvalue weighted by atomic mass is 9.89. The molecular formula is C27H28N2O2. The van der Waals surface area contributed by atoms with Crippen molar-refractivity contribution in [3.05, 3.63) is 88.5 Å². The maximum atomic E-state index is 11.3. The van der Waals surface area contributed by atoms with Gasteiger partial charge in [-0.3, -0.25) is 0 Å². The number of rotatable bonds is 4. The van der Waals surface area contributed by atoms with Gasteiger partial charge in [0.1, 0.15) is 0 Å². The van der Waals surface area contributed by atoms with E-state index in [2.05, 4.69) is 63.9 Å². The minimum Gasteiger partial charge on any atom is -0.478 e. The fourth-order valence-electron chi connectivity index (χ4n) is 4.23. The van der Waals surface area contributed by atoms with Crippen LogP contribution in [0.4, 0.5) is 17.1 Å². The van der Waals surface area contributed by atoms with E-state index in [1.54, 1.807) is 12.1 Å². The van der Waals surface area contributed by atoms with Crippen LogP contribution < -0.4 is 4.90 Å². The number of fused-ring (bicyclic) bond motifs is 2. The molecule has 0 fully saturated rings. The van der Waals surface area contributed by atoms with Crippen LogP contribution in [-0.4, -0.2) is 23.8 Å². The highest BCUT2D eigenvalue weighted by Crippen LogP contribution is 2.43. The first kappa shape index (κ1) is 20.9. The Morgan fingerprint density at radius 1 is 0.871 bits per heavy atom. The molecule has 4 rings (SSSR count). The van der Waals surface area contributed by atoms with E-state index in [0.717, 1.165) is 33.9 Å². The van der Waals surface area contributed by atoms with Gasteiger partial charge in [0, 0.05) is 18.2 Å². The molecule has 1 aliphatic heterocycles. The summed E-state index contributed by atoms with van der Waals surface area (Å²) in [4.78, 5) is 18.7. The van der Waals surface area contributed by atoms with Crippen molar-refractivity contribution in [2.45, 2.75) is 39.5 Å². The van der Waals surface area contributed by atoms with Crippen molar-refractivity contribution >= 4 is 28.7 Å². The SMILES string of the molecule is CC(C)c1cc2c(cc1C(C)C)N(C)c1ccccc1C(c1ccc(C(=O)O)cc1)=N2. The average molecular weight is 413 g/mol. The molecule has 1 heterocycles. The predicted octanol–water partition coefficient (Wildman–Crippen LogP) is 6.88. The Morgan fingerprint density at radius 3 is 2.10 bits per heavy atom. The summed E-state index contributed by atoms with van der Waals surface area (Å²) in [6.45, 7) is 8.91. The summed E-state index contributed by atoms with van der Waals surface area (Å²) in [6, 6.07) is 19.7. The molecule has 0 amide bonds. The van der Waals surface area contributed by atoms with Crippen molar-refractivity contribution in [1.82, 2.24) is 0 Å². The maximum absolute atomic E-state index is 11.3. The number of anilines is 2. The van der Waals surface area contributed by atoms with Crippen molar-refractivity contribution in [2.24, 2.45) is 4.99 Å². The fraction of sp³-hybridized carbons (Fsp3) is 0.259. The minimum atomic E-state index is -0.928. The van der Waals surface area contributed by atoms with Gasteiger partial charge in [-0.1, -0.05) is 58.0 Å². The number of benzene rings is 3. The lowest BCUT2D eigenvalue weighted by Crippen LogP contribution is -2.13. The first-order valence-electron chi connectivity index (χ1n) is 10.7. The van der Waals surface area contributed by atoms with Gasteiger partial charge in [-0.2, -0.15) is 0 Å². The molecule has 3 aromatic rings. The molecule has 0 unspecified atom stereocenters. The summed E-state index contributed by atoms with van der Waals surface area (Å²) in [5.74, 6) is -0.114. The molecule has 0 aromatic heterocycles. The highest BCUT2D eigenvalue weighted by Gasteiger charge is 2.24. The third-order valence-corrected chi connectivity index (χ3v) is 5.94. The highest BCUT2D eigenvalue weighted by atomic mass is 16.4. The summed E-state index contributed by atoms with van der Waals surface area (Å²) in [6.07, 6.45) is 0. The lowest BCUT2D eigenvalue weighted by Gasteiger charge is -2.25. The molecule has 0 atom stereocenters. The molecule has 0 saturated heterocycles. The fourth-order valence-corrected chi connectivity index (χ4v) is 4.23. The summed E-state index contributed by atoms with van der Waals surface area (Å²) < 4.78 is 0. The Kier molecular flexibility index (Phi) is 5.40. The number of nitrogens with zero attached hydrogens (tertiary/aromatic N) is 2. The number of carboxylic acids is 1. The number of hydrogen-bond donors (Lipinski definition) is 1. The Hall–Kier alpha value is -3.40. The van der Waals surface area contributed by atoms with E-state index in [1.165, 1.54) is 11.1 Å². The zero-order valence-corrected chi connectivity index (χ0v) is 18.7. The van der Waals surface area contributed by atoms with Crippen molar-refractivity contribution in [3.8, 4) is 0 Å². The molecule has 0 spiro atoms. The molecule has 0 aliphatic carbocycles. The van der Waals surface area contributed by atoms with Crippen molar-refractivity contribution in [3.63, 3.8) is 0 Å². The Bertz CT molecular complexity index is 1170. The molecule has 4 nitrogen and oxygen atoms in total. The third-order valence-electron chi connectivity index (χ3n) is 5.94. The van der Waals surface area contributed by atoms with E-state index in [-0.39, 0.29) is 5.56 Å². The number of para-hydroxylation sites is 1. The van der Waals surface area contributed by atoms with Gasteiger partial charge in [0.15, 0.2) is 0 Å². The molecule has 158 valence electrons. The van der Waals surface area contributed by atoms with Gasteiger partial charge in [0.05, 0.1) is 28.3 Å². The van der Waals surface area contributed by atoms with Gasteiger partial charge in [-0.15, -0.1) is 0 Å². The van der Waals surface area contributed by atoms with E-state index >= 15 is 0 Å². The zero-order valence-electron chi connectivity index (χ0n) is 18.7. The van der Waals surface area contributed by atoms with Crippen LogP contribution in [0.2, 0.25) is 0 Å². The number of aromatic carboxylic acids is 1. The van der Waals surface area contributed by atoms with Gasteiger partial charge in [0.2, 0.25) is 0 Å². The molecular weight excluding hydrogens is 384 g/mol. The van der Waals surface area contributed by atoms with Crippen molar-refractivity contribution in [1.29, 1.82) is 0 Å². The topological polar surface area (TPSA) is 52.9 Å². The van der Waals surface area contributed by atoms with Crippen LogP contribution in [0.25, 0.3) is 0 Å². The van der Waals surface area contributed by atoms with E-state index < -0.39 is 5.97 Å². The normalized spacial score (nSPS) is 13.0. The molecule has 0 radical (unpaired) electrons. The highest BCUT2D eigenvalue weighted by molar-refractivity contribution is 6.18. The summed E-state index contributed by atoms with van der Waals surface area (Å²) in [7, 11) is 2.09. The van der Waals surface area contributed by atoms with Gasteiger partial charge in [-0.25, -0.2) is 9.79 Å². The third kappa shape index (κ3) is 3.74. The first-order chi connectivity index (χ1) is 14.8. The second-order valence-electron chi connectivity index (χ2n) is 8.70. The predicted molar refractivity (Wildman–Crippen MR) is 128 cm³/mol. The number of carbonyl (C=O) groups is 1. The van der Waals surface area contributed by atoms with Gasteiger partial charge in [-0.05, 0) is 53.3 Å². The van der Waals surface area contributed by atoms with Crippen LogP contribution in [-0.2, 0) is 0 Å². The second-order valence-corrected chi connectivity index (χ2v) is 8.70.